The van der Waals surface area contributed by atoms with Crippen molar-refractivity contribution in [2.45, 2.75) is 50.9 Å². The van der Waals surface area contributed by atoms with Gasteiger partial charge in [0.15, 0.2) is 11.5 Å². The number of nitrogens with zero attached hydrogens (tertiary/aromatic N) is 3. The maximum Gasteiger partial charge on any atom is 0.257 e. The van der Waals surface area contributed by atoms with Crippen LogP contribution in [0.15, 0.2) is 60.8 Å². The number of methoxy groups -OCH3 is 1. The number of anilines is 1. The lowest BCUT2D eigenvalue weighted by molar-refractivity contribution is -0.123. The largest absolute Gasteiger partial charge is 0.493 e. The van der Waals surface area contributed by atoms with E-state index in [1.807, 2.05) is 59.5 Å². The van der Waals surface area contributed by atoms with E-state index in [0.29, 0.717) is 67.6 Å². The maximum atomic E-state index is 13.3. The molecule has 0 unspecified atom stereocenters. The summed E-state index contributed by atoms with van der Waals surface area (Å²) in [4.78, 5) is 35.2. The van der Waals surface area contributed by atoms with Crippen LogP contribution in [0.25, 0.3) is 0 Å². The molecule has 2 fully saturated rings. The molecule has 1 aromatic heterocycles. The van der Waals surface area contributed by atoms with Crippen molar-refractivity contribution in [3.63, 3.8) is 0 Å². The van der Waals surface area contributed by atoms with Crippen LogP contribution in [-0.4, -0.2) is 67.1 Å². The molecule has 4 bridgehead atoms. The maximum absolute atomic E-state index is 13.3. The molecule has 2 atom stereocenters. The second kappa shape index (κ2) is 12.2. The van der Waals surface area contributed by atoms with Crippen molar-refractivity contribution >= 4 is 17.6 Å². The van der Waals surface area contributed by atoms with Gasteiger partial charge in [0, 0.05) is 38.8 Å². The van der Waals surface area contributed by atoms with Crippen LogP contribution in [0.1, 0.15) is 47.2 Å². The van der Waals surface area contributed by atoms with Crippen molar-refractivity contribution in [1.82, 2.24) is 15.2 Å². The molecule has 1 N–H and O–H groups in total. The molecule has 0 aliphatic carbocycles. The minimum atomic E-state index is -0.260. The number of hydrogen-bond acceptors (Lipinski definition) is 7. The Morgan fingerprint density at radius 2 is 1.90 bits per heavy atom. The summed E-state index contributed by atoms with van der Waals surface area (Å²) in [6.45, 7) is 3.12. The Hall–Kier alpha value is -4.11. The highest BCUT2D eigenvalue weighted by atomic mass is 16.5. The van der Waals surface area contributed by atoms with Crippen LogP contribution in [-0.2, 0) is 22.6 Å². The Morgan fingerprint density at radius 1 is 1.02 bits per heavy atom. The fourth-order valence-electron chi connectivity index (χ4n) is 5.89. The van der Waals surface area contributed by atoms with Crippen LogP contribution in [0, 0.1) is 0 Å². The van der Waals surface area contributed by atoms with Gasteiger partial charge in [-0.25, -0.2) is 4.98 Å². The molecule has 2 amide bonds. The second-order valence-electron chi connectivity index (χ2n) is 10.9. The van der Waals surface area contributed by atoms with E-state index in [-0.39, 0.29) is 24.0 Å². The molecule has 3 aliphatic heterocycles. The minimum Gasteiger partial charge on any atom is -0.493 e. The lowest BCUT2D eigenvalue weighted by Crippen LogP contribution is -2.56. The molecule has 0 radical (unpaired) electrons. The van der Waals surface area contributed by atoms with Crippen molar-refractivity contribution in [1.29, 1.82) is 0 Å². The Kier molecular flexibility index (Phi) is 8.04. The molecule has 9 nitrogen and oxygen atoms in total. The van der Waals surface area contributed by atoms with Crippen LogP contribution in [0.3, 0.4) is 0 Å². The number of ether oxygens (including phenoxy) is 3. The molecular formula is C32H36N4O5. The monoisotopic (exact) mass is 556 g/mol. The molecule has 3 aliphatic rings. The summed E-state index contributed by atoms with van der Waals surface area (Å²) < 4.78 is 18.1. The second-order valence-corrected chi connectivity index (χ2v) is 10.9. The molecule has 0 saturated carbocycles. The molecule has 41 heavy (non-hydrogen) atoms. The Balaban J connectivity index is 1.25. The van der Waals surface area contributed by atoms with E-state index < -0.39 is 0 Å². The van der Waals surface area contributed by atoms with Gasteiger partial charge in [0.25, 0.3) is 5.91 Å². The topological polar surface area (TPSA) is 93.2 Å². The first-order chi connectivity index (χ1) is 20.1. The third-order valence-electron chi connectivity index (χ3n) is 8.06. The fraction of sp³-hybridized carbons (Fsp3) is 0.406. The van der Waals surface area contributed by atoms with Gasteiger partial charge < -0.3 is 29.3 Å². The smallest absolute Gasteiger partial charge is 0.257 e. The van der Waals surface area contributed by atoms with Crippen molar-refractivity contribution in [3.8, 4) is 17.2 Å². The number of fused-ring (bicyclic) bond motifs is 5. The summed E-state index contributed by atoms with van der Waals surface area (Å²) in [7, 11) is 1.61. The zero-order valence-corrected chi connectivity index (χ0v) is 23.4. The van der Waals surface area contributed by atoms with Crippen molar-refractivity contribution in [2.75, 3.05) is 38.2 Å². The predicted molar refractivity (Wildman–Crippen MR) is 155 cm³/mol. The van der Waals surface area contributed by atoms with Crippen LogP contribution in [0.5, 0.6) is 17.2 Å². The molecule has 214 valence electrons. The van der Waals surface area contributed by atoms with Gasteiger partial charge in [-0.3, -0.25) is 9.59 Å². The Labute approximate surface area is 240 Å². The molecule has 6 rings (SSSR count). The molecule has 9 heteroatoms. The Bertz CT molecular complexity index is 1410. The van der Waals surface area contributed by atoms with Gasteiger partial charge >= 0.3 is 0 Å². The highest BCUT2D eigenvalue weighted by Gasteiger charge is 2.34. The lowest BCUT2D eigenvalue weighted by Gasteiger charge is -2.40. The van der Waals surface area contributed by atoms with E-state index >= 15 is 0 Å². The molecule has 2 saturated heterocycles. The first-order valence-electron chi connectivity index (χ1n) is 14.4. The van der Waals surface area contributed by atoms with Crippen molar-refractivity contribution in [2.24, 2.45) is 0 Å². The molecular weight excluding hydrogens is 520 g/mol. The third-order valence-corrected chi connectivity index (χ3v) is 8.06. The number of carbonyl (C=O) groups excluding carboxylic acids is 2. The highest BCUT2D eigenvalue weighted by Crippen LogP contribution is 2.34. The average molecular weight is 557 g/mol. The van der Waals surface area contributed by atoms with Gasteiger partial charge in [-0.1, -0.05) is 18.2 Å². The van der Waals surface area contributed by atoms with Gasteiger partial charge in [-0.05, 0) is 73.2 Å². The Morgan fingerprint density at radius 3 is 2.76 bits per heavy atom. The van der Waals surface area contributed by atoms with Crippen molar-refractivity contribution in [3.05, 3.63) is 77.5 Å². The van der Waals surface area contributed by atoms with Gasteiger partial charge in [0.05, 0.1) is 31.4 Å². The highest BCUT2D eigenvalue weighted by molar-refractivity contribution is 5.99. The number of aromatic nitrogens is 1. The average Bonchev–Trinajstić information content (AvgIpc) is 3.54. The van der Waals surface area contributed by atoms with Crippen LogP contribution in [0.4, 0.5) is 5.82 Å². The molecule has 4 heterocycles. The number of rotatable bonds is 3. The molecule has 3 aromatic rings. The SMILES string of the molecule is COc1ccc2cc1Oc1cccc(c1)CO[C@@H]1CCN(c3ncccc3C(=O)N3CCCC3)C[C@@H]1NC(=O)CC2. The molecule has 2 aromatic carbocycles. The number of aryl methyl sites for hydroxylation is 1. The fourth-order valence-corrected chi connectivity index (χ4v) is 5.89. The van der Waals surface area contributed by atoms with Gasteiger partial charge in [-0.15, -0.1) is 0 Å². The van der Waals surface area contributed by atoms with Gasteiger partial charge in [-0.2, -0.15) is 0 Å². The van der Waals surface area contributed by atoms with E-state index in [2.05, 4.69) is 15.2 Å². The van der Waals surface area contributed by atoms with Crippen molar-refractivity contribution < 1.29 is 23.8 Å². The van der Waals surface area contributed by atoms with Crippen LogP contribution < -0.4 is 19.7 Å². The molecule has 0 spiro atoms. The number of likely N-dealkylation sites (tertiary alicyclic amines) is 1. The lowest BCUT2D eigenvalue weighted by atomic mass is 10.00. The summed E-state index contributed by atoms with van der Waals surface area (Å²) >= 11 is 0. The number of benzene rings is 2. The minimum absolute atomic E-state index is 0.0241. The number of carbonyl (C=O) groups is 2. The van der Waals surface area contributed by atoms with Crippen LogP contribution >= 0.6 is 0 Å². The zero-order chi connectivity index (χ0) is 28.2. The first kappa shape index (κ1) is 27.1. The van der Waals surface area contributed by atoms with E-state index in [1.54, 1.807) is 13.3 Å². The quantitative estimate of drug-likeness (QED) is 0.513. The number of piperidine rings is 1. The van der Waals surface area contributed by atoms with E-state index in [1.165, 1.54) is 0 Å². The summed E-state index contributed by atoms with van der Waals surface area (Å²) in [6, 6.07) is 17.0. The zero-order valence-electron chi connectivity index (χ0n) is 23.4. The summed E-state index contributed by atoms with van der Waals surface area (Å²) in [5.74, 6) is 2.58. The van der Waals surface area contributed by atoms with E-state index in [4.69, 9.17) is 14.2 Å². The predicted octanol–water partition coefficient (Wildman–Crippen LogP) is 4.35. The van der Waals surface area contributed by atoms with E-state index in [9.17, 15) is 9.59 Å². The summed E-state index contributed by atoms with van der Waals surface area (Å²) in [6.07, 6.45) is 5.18. The third kappa shape index (κ3) is 6.15. The number of amides is 2. The normalized spacial score (nSPS) is 21.1. The summed E-state index contributed by atoms with van der Waals surface area (Å²) in [5.41, 5.74) is 2.58. The summed E-state index contributed by atoms with van der Waals surface area (Å²) in [5, 5.41) is 3.24. The standard InChI is InChI=1S/C32H36N4O5/c1-39-28-11-9-22-10-12-30(37)34-26-20-36(31-25(8-5-14-33-31)32(38)35-15-2-3-16-35)17-13-27(26)40-21-23-6-4-7-24(18-23)41-29(28)19-22/h4-9,11,14,18-19,26-27H,2-3,10,12-13,15-17,20-21H2,1H3,(H,34,37)/t26-,27+/m0/s1. The number of pyridine rings is 1. The first-order valence-corrected chi connectivity index (χ1v) is 14.4. The number of hydrogen-bond donors (Lipinski definition) is 1. The van der Waals surface area contributed by atoms with E-state index in [0.717, 1.165) is 37.1 Å². The van der Waals surface area contributed by atoms with Crippen LogP contribution in [0.2, 0.25) is 0 Å². The van der Waals surface area contributed by atoms with Gasteiger partial charge in [0.2, 0.25) is 5.91 Å². The van der Waals surface area contributed by atoms with Gasteiger partial charge in [0.1, 0.15) is 11.6 Å². The number of nitrogens with one attached hydrogen (secondary N) is 1.